The van der Waals surface area contributed by atoms with Crippen molar-refractivity contribution in [1.82, 2.24) is 25.1 Å². The van der Waals surface area contributed by atoms with Gasteiger partial charge in [0.1, 0.15) is 13.2 Å². The summed E-state index contributed by atoms with van der Waals surface area (Å²) in [5.41, 5.74) is 4.28. The van der Waals surface area contributed by atoms with Gasteiger partial charge in [0.05, 0.1) is 17.5 Å². The zero-order chi connectivity index (χ0) is 22.1. The Bertz CT molecular complexity index is 1150. The number of hydrogen-bond donors (Lipinski definition) is 0. The first-order valence-electron chi connectivity index (χ1n) is 10.8. The molecule has 1 amide bonds. The van der Waals surface area contributed by atoms with Gasteiger partial charge in [-0.25, -0.2) is 0 Å². The van der Waals surface area contributed by atoms with Crippen LogP contribution in [0.5, 0.6) is 11.5 Å². The summed E-state index contributed by atoms with van der Waals surface area (Å²) in [6, 6.07) is 12.2. The maximum atomic E-state index is 13.1. The number of amides is 1. The first kappa shape index (κ1) is 20.8. The van der Waals surface area contributed by atoms with Crippen LogP contribution in [0.2, 0.25) is 0 Å². The maximum Gasteiger partial charge on any atom is 0.233 e. The van der Waals surface area contributed by atoms with Crippen LogP contribution >= 0.6 is 11.8 Å². The molecule has 2 aromatic carbocycles. The summed E-state index contributed by atoms with van der Waals surface area (Å²) < 4.78 is 13.1. The molecule has 0 aliphatic carbocycles. The Morgan fingerprint density at radius 3 is 2.81 bits per heavy atom. The van der Waals surface area contributed by atoms with Crippen LogP contribution in [0, 0.1) is 13.8 Å². The van der Waals surface area contributed by atoms with Gasteiger partial charge in [0.25, 0.3) is 0 Å². The molecular formula is C23H25N5O3S. The van der Waals surface area contributed by atoms with Crippen molar-refractivity contribution in [2.75, 3.05) is 25.5 Å². The minimum absolute atomic E-state index is 0.0502. The van der Waals surface area contributed by atoms with Gasteiger partial charge < -0.3 is 14.4 Å². The van der Waals surface area contributed by atoms with E-state index in [4.69, 9.17) is 9.47 Å². The first-order chi connectivity index (χ1) is 15.6. The Labute approximate surface area is 190 Å². The molecule has 1 fully saturated rings. The van der Waals surface area contributed by atoms with Crippen molar-refractivity contribution >= 4 is 17.7 Å². The summed E-state index contributed by atoms with van der Waals surface area (Å²) >= 11 is 1.37. The van der Waals surface area contributed by atoms with E-state index in [-0.39, 0.29) is 17.7 Å². The van der Waals surface area contributed by atoms with Crippen LogP contribution < -0.4 is 9.47 Å². The molecule has 3 aromatic rings. The number of hydrogen-bond acceptors (Lipinski definition) is 7. The molecule has 0 unspecified atom stereocenters. The third-order valence-electron chi connectivity index (χ3n) is 5.87. The Hall–Kier alpha value is -3.07. The van der Waals surface area contributed by atoms with Crippen molar-refractivity contribution < 1.29 is 14.3 Å². The fourth-order valence-electron chi connectivity index (χ4n) is 4.35. The predicted octanol–water partition coefficient (Wildman–Crippen LogP) is 3.51. The number of aromatic nitrogens is 4. The second-order valence-electron chi connectivity index (χ2n) is 8.10. The van der Waals surface area contributed by atoms with Crippen LogP contribution in [-0.2, 0) is 4.79 Å². The van der Waals surface area contributed by atoms with Gasteiger partial charge in [0.2, 0.25) is 11.1 Å². The minimum atomic E-state index is 0.0502. The molecule has 5 rings (SSSR count). The molecular weight excluding hydrogens is 426 g/mol. The van der Waals surface area contributed by atoms with Crippen LogP contribution in [-0.4, -0.2) is 56.5 Å². The number of carbonyl (C=O) groups is 1. The standard InChI is InChI=1S/C23H25N5O3S/c1-15-5-7-18(16(2)12-15)28-23(24-25-26-28)32-14-22(29)27-9-3-4-19(27)17-6-8-20-21(13-17)31-11-10-30-20/h5-8,12-13,19H,3-4,9-11,14H2,1-2H3/t19-/m1/s1. The number of tetrazole rings is 1. The van der Waals surface area contributed by atoms with Crippen LogP contribution in [0.25, 0.3) is 5.69 Å². The van der Waals surface area contributed by atoms with E-state index in [1.54, 1.807) is 4.68 Å². The SMILES string of the molecule is Cc1ccc(-n2nnnc2SCC(=O)N2CCC[C@@H]2c2ccc3c(c2)OCCO3)c(C)c1. The number of benzene rings is 2. The summed E-state index contributed by atoms with van der Waals surface area (Å²) in [7, 11) is 0. The molecule has 0 N–H and O–H groups in total. The van der Waals surface area contributed by atoms with Gasteiger partial charge in [-0.05, 0) is 66.4 Å². The number of carbonyl (C=O) groups excluding carboxylic acids is 1. The molecule has 1 saturated heterocycles. The second-order valence-corrected chi connectivity index (χ2v) is 9.04. The highest BCUT2D eigenvalue weighted by atomic mass is 32.2. The summed E-state index contributed by atoms with van der Waals surface area (Å²) in [5.74, 6) is 1.90. The zero-order valence-corrected chi connectivity index (χ0v) is 19.0. The van der Waals surface area contributed by atoms with Gasteiger partial charge in [-0.2, -0.15) is 4.68 Å². The lowest BCUT2D eigenvalue weighted by molar-refractivity contribution is -0.129. The van der Waals surface area contributed by atoms with Gasteiger partial charge in [0.15, 0.2) is 11.5 Å². The van der Waals surface area contributed by atoms with Crippen molar-refractivity contribution in [3.05, 3.63) is 53.1 Å². The number of ether oxygens (including phenoxy) is 2. The van der Waals surface area contributed by atoms with Crippen molar-refractivity contribution in [3.63, 3.8) is 0 Å². The van der Waals surface area contributed by atoms with E-state index in [0.29, 0.717) is 18.4 Å². The van der Waals surface area contributed by atoms with Crippen LogP contribution in [0.15, 0.2) is 41.6 Å². The molecule has 8 nitrogen and oxygen atoms in total. The molecule has 0 saturated carbocycles. The van der Waals surface area contributed by atoms with E-state index in [0.717, 1.165) is 47.7 Å². The van der Waals surface area contributed by atoms with Crippen LogP contribution in [0.3, 0.4) is 0 Å². The quantitative estimate of drug-likeness (QED) is 0.549. The zero-order valence-electron chi connectivity index (χ0n) is 18.2. The summed E-state index contributed by atoms with van der Waals surface area (Å²) in [6.45, 7) is 5.96. The Balaban J connectivity index is 1.29. The van der Waals surface area contributed by atoms with E-state index in [9.17, 15) is 4.79 Å². The number of thioether (sulfide) groups is 1. The van der Waals surface area contributed by atoms with E-state index in [1.165, 1.54) is 17.3 Å². The van der Waals surface area contributed by atoms with Gasteiger partial charge >= 0.3 is 0 Å². The molecule has 2 aliphatic rings. The van der Waals surface area contributed by atoms with E-state index >= 15 is 0 Å². The van der Waals surface area contributed by atoms with Crippen LogP contribution in [0.4, 0.5) is 0 Å². The smallest absolute Gasteiger partial charge is 0.233 e. The molecule has 3 heterocycles. The van der Waals surface area contributed by atoms with E-state index < -0.39 is 0 Å². The monoisotopic (exact) mass is 451 g/mol. The molecule has 0 spiro atoms. The highest BCUT2D eigenvalue weighted by Crippen LogP contribution is 2.38. The van der Waals surface area contributed by atoms with Crippen molar-refractivity contribution in [1.29, 1.82) is 0 Å². The Morgan fingerprint density at radius 2 is 1.97 bits per heavy atom. The highest BCUT2D eigenvalue weighted by Gasteiger charge is 2.31. The van der Waals surface area contributed by atoms with E-state index in [2.05, 4.69) is 28.5 Å². The maximum absolute atomic E-state index is 13.1. The fraction of sp³-hybridized carbons (Fsp3) is 0.391. The molecule has 166 valence electrons. The molecule has 9 heteroatoms. The number of nitrogens with zero attached hydrogens (tertiary/aromatic N) is 5. The third kappa shape index (κ3) is 4.04. The average Bonchev–Trinajstić information content (AvgIpc) is 3.47. The van der Waals surface area contributed by atoms with E-state index in [1.807, 2.05) is 42.2 Å². The first-order valence-corrected chi connectivity index (χ1v) is 11.8. The molecule has 2 aliphatic heterocycles. The lowest BCUT2D eigenvalue weighted by Crippen LogP contribution is -2.32. The van der Waals surface area contributed by atoms with Crippen molar-refractivity contribution in [3.8, 4) is 17.2 Å². The van der Waals surface area contributed by atoms with Crippen molar-refractivity contribution in [2.24, 2.45) is 0 Å². The topological polar surface area (TPSA) is 82.4 Å². The van der Waals surface area contributed by atoms with Gasteiger partial charge in [0, 0.05) is 6.54 Å². The molecule has 0 bridgehead atoms. The number of fused-ring (bicyclic) bond motifs is 1. The third-order valence-corrected chi connectivity index (χ3v) is 6.77. The fourth-order valence-corrected chi connectivity index (χ4v) is 5.12. The summed E-state index contributed by atoms with van der Waals surface area (Å²) in [5, 5.41) is 12.7. The Morgan fingerprint density at radius 1 is 1.12 bits per heavy atom. The number of likely N-dealkylation sites (tertiary alicyclic amines) is 1. The lowest BCUT2D eigenvalue weighted by Gasteiger charge is -2.26. The number of rotatable bonds is 5. The molecule has 1 aromatic heterocycles. The normalized spacial score (nSPS) is 17.6. The molecule has 1 atom stereocenters. The molecule has 0 radical (unpaired) electrons. The summed E-state index contributed by atoms with van der Waals surface area (Å²) in [6.07, 6.45) is 1.92. The van der Waals surface area contributed by atoms with Crippen LogP contribution in [0.1, 0.15) is 35.6 Å². The largest absolute Gasteiger partial charge is 0.486 e. The lowest BCUT2D eigenvalue weighted by atomic mass is 10.0. The molecule has 32 heavy (non-hydrogen) atoms. The minimum Gasteiger partial charge on any atom is -0.486 e. The van der Waals surface area contributed by atoms with Gasteiger partial charge in [-0.15, -0.1) is 5.10 Å². The van der Waals surface area contributed by atoms with Gasteiger partial charge in [-0.3, -0.25) is 4.79 Å². The van der Waals surface area contributed by atoms with Gasteiger partial charge in [-0.1, -0.05) is 35.5 Å². The average molecular weight is 452 g/mol. The Kier molecular flexibility index (Phi) is 5.73. The highest BCUT2D eigenvalue weighted by molar-refractivity contribution is 7.99. The number of aryl methyl sites for hydroxylation is 2. The predicted molar refractivity (Wildman–Crippen MR) is 120 cm³/mol. The van der Waals surface area contributed by atoms with Crippen molar-refractivity contribution in [2.45, 2.75) is 37.9 Å². The second kappa shape index (κ2) is 8.82. The summed E-state index contributed by atoms with van der Waals surface area (Å²) in [4.78, 5) is 15.1.